The van der Waals surface area contributed by atoms with Gasteiger partial charge in [-0.25, -0.2) is 4.79 Å². The number of primary amides is 1. The fourth-order valence-corrected chi connectivity index (χ4v) is 2.98. The van der Waals surface area contributed by atoms with Gasteiger partial charge in [-0.3, -0.25) is 14.4 Å². The minimum absolute atomic E-state index is 0.0213. The SMILES string of the molecule is CC(=O)N(CC(C)O[C@@H]1[C@@H](N)[C@@H](O)O[C@H](CO)[C@H]1O)[C@@H](C)C(=O)O.NC(=O)CC[C@@H](N)C(=O)O. The van der Waals surface area contributed by atoms with Crippen LogP contribution in [0.2, 0.25) is 0 Å². The van der Waals surface area contributed by atoms with Gasteiger partial charge in [-0.1, -0.05) is 0 Å². The molecule has 11 N–H and O–H groups in total. The third kappa shape index (κ3) is 10.3. The van der Waals surface area contributed by atoms with Gasteiger partial charge in [0.15, 0.2) is 6.29 Å². The van der Waals surface area contributed by atoms with Crippen LogP contribution in [-0.4, -0.2) is 116 Å². The number of carbonyl (C=O) groups is 4. The second-order valence-corrected chi connectivity index (χ2v) is 7.86. The zero-order valence-electron chi connectivity index (χ0n) is 19.3. The van der Waals surface area contributed by atoms with Gasteiger partial charge in [-0.2, -0.15) is 0 Å². The van der Waals surface area contributed by atoms with Crippen molar-refractivity contribution < 1.29 is 54.2 Å². The Balaban J connectivity index is 0.000000916. The molecule has 0 aromatic carbocycles. The molecule has 1 rings (SSSR count). The molecule has 8 atom stereocenters. The van der Waals surface area contributed by atoms with Crippen LogP contribution in [0.4, 0.5) is 0 Å². The van der Waals surface area contributed by atoms with Gasteiger partial charge in [0.05, 0.1) is 18.8 Å². The van der Waals surface area contributed by atoms with Crippen molar-refractivity contribution in [2.75, 3.05) is 13.2 Å². The third-order valence-corrected chi connectivity index (χ3v) is 5.01. The van der Waals surface area contributed by atoms with Crippen molar-refractivity contribution in [3.8, 4) is 0 Å². The molecule has 0 aromatic rings. The van der Waals surface area contributed by atoms with E-state index in [4.69, 9.17) is 42.0 Å². The average molecular weight is 497 g/mol. The highest BCUT2D eigenvalue weighted by Crippen LogP contribution is 2.22. The monoisotopic (exact) mass is 496 g/mol. The number of rotatable bonds is 11. The minimum atomic E-state index is -1.43. The second-order valence-electron chi connectivity index (χ2n) is 7.86. The molecule has 15 nitrogen and oxygen atoms in total. The molecule has 1 saturated heterocycles. The van der Waals surface area contributed by atoms with Crippen molar-refractivity contribution in [1.82, 2.24) is 4.90 Å². The Kier molecular flexibility index (Phi) is 13.7. The number of ether oxygens (including phenoxy) is 2. The summed E-state index contributed by atoms with van der Waals surface area (Å²) >= 11 is 0. The number of nitrogens with two attached hydrogens (primary N) is 3. The molecule has 0 aromatic heterocycles. The molecule has 1 unspecified atom stereocenters. The van der Waals surface area contributed by atoms with Crippen molar-refractivity contribution in [2.24, 2.45) is 17.2 Å². The molecule has 1 aliphatic rings. The molecule has 0 radical (unpaired) electrons. The molecular formula is C19H36N4O11. The minimum Gasteiger partial charge on any atom is -0.480 e. The zero-order chi connectivity index (χ0) is 26.7. The van der Waals surface area contributed by atoms with Crippen molar-refractivity contribution >= 4 is 23.8 Å². The smallest absolute Gasteiger partial charge is 0.326 e. The number of carbonyl (C=O) groups excluding carboxylic acids is 2. The van der Waals surface area contributed by atoms with E-state index in [0.717, 1.165) is 4.90 Å². The molecule has 1 heterocycles. The zero-order valence-corrected chi connectivity index (χ0v) is 19.3. The molecule has 2 amide bonds. The lowest BCUT2D eigenvalue weighted by Gasteiger charge is -2.42. The topological polar surface area (TPSA) is 269 Å². The summed E-state index contributed by atoms with van der Waals surface area (Å²) < 4.78 is 10.6. The maximum Gasteiger partial charge on any atom is 0.326 e. The van der Waals surface area contributed by atoms with Gasteiger partial charge in [-0.05, 0) is 20.3 Å². The fourth-order valence-electron chi connectivity index (χ4n) is 2.98. The van der Waals surface area contributed by atoms with Crippen molar-refractivity contribution in [1.29, 1.82) is 0 Å². The lowest BCUT2D eigenvalue weighted by molar-refractivity contribution is -0.263. The number of hydrogen-bond acceptors (Lipinski definition) is 11. The highest BCUT2D eigenvalue weighted by molar-refractivity contribution is 5.82. The molecule has 0 bridgehead atoms. The molecule has 1 fully saturated rings. The van der Waals surface area contributed by atoms with Crippen LogP contribution in [0, 0.1) is 0 Å². The highest BCUT2D eigenvalue weighted by Gasteiger charge is 2.44. The van der Waals surface area contributed by atoms with E-state index in [2.05, 4.69) is 0 Å². The van der Waals surface area contributed by atoms with Crippen LogP contribution in [0.25, 0.3) is 0 Å². The van der Waals surface area contributed by atoms with Gasteiger partial charge in [0.25, 0.3) is 0 Å². The molecule has 0 aliphatic carbocycles. The molecule has 15 heteroatoms. The van der Waals surface area contributed by atoms with E-state index in [9.17, 15) is 29.4 Å². The average Bonchev–Trinajstić information content (AvgIpc) is 2.75. The first-order valence-electron chi connectivity index (χ1n) is 10.4. The number of amides is 2. The quantitative estimate of drug-likeness (QED) is 0.136. The van der Waals surface area contributed by atoms with E-state index in [1.807, 2.05) is 0 Å². The Labute approximate surface area is 196 Å². The predicted octanol–water partition coefficient (Wildman–Crippen LogP) is -3.86. The highest BCUT2D eigenvalue weighted by atomic mass is 16.6. The summed E-state index contributed by atoms with van der Waals surface area (Å²) in [7, 11) is 0. The van der Waals surface area contributed by atoms with E-state index in [1.54, 1.807) is 6.92 Å². The molecule has 198 valence electrons. The predicted molar refractivity (Wildman–Crippen MR) is 115 cm³/mol. The first kappa shape index (κ1) is 31.6. The largest absolute Gasteiger partial charge is 0.480 e. The van der Waals surface area contributed by atoms with Gasteiger partial charge in [-0.15, -0.1) is 0 Å². The Morgan fingerprint density at radius 2 is 1.68 bits per heavy atom. The molecule has 0 saturated carbocycles. The molecule has 1 aliphatic heterocycles. The van der Waals surface area contributed by atoms with Crippen molar-refractivity contribution in [3.05, 3.63) is 0 Å². The number of carboxylic acid groups (broad SMARTS) is 2. The molecule has 34 heavy (non-hydrogen) atoms. The van der Waals surface area contributed by atoms with E-state index in [1.165, 1.54) is 13.8 Å². The van der Waals surface area contributed by atoms with Gasteiger partial charge in [0.2, 0.25) is 11.8 Å². The van der Waals surface area contributed by atoms with Crippen LogP contribution in [-0.2, 0) is 28.7 Å². The van der Waals surface area contributed by atoms with Gasteiger partial charge >= 0.3 is 11.9 Å². The summed E-state index contributed by atoms with van der Waals surface area (Å²) in [5, 5.41) is 46.3. The Bertz CT molecular complexity index is 695. The van der Waals surface area contributed by atoms with Crippen molar-refractivity contribution in [2.45, 2.75) is 82.4 Å². The summed E-state index contributed by atoms with van der Waals surface area (Å²) in [5.41, 5.74) is 15.6. The third-order valence-electron chi connectivity index (χ3n) is 5.01. The Morgan fingerprint density at radius 1 is 1.12 bits per heavy atom. The first-order chi connectivity index (χ1) is 15.6. The fraction of sp³-hybridized carbons (Fsp3) is 0.789. The summed E-state index contributed by atoms with van der Waals surface area (Å²) in [4.78, 5) is 44.0. The van der Waals surface area contributed by atoms with E-state index < -0.39 is 79.2 Å². The maximum absolute atomic E-state index is 11.6. The number of carboxylic acids is 2. The van der Waals surface area contributed by atoms with Gasteiger partial charge in [0.1, 0.15) is 30.4 Å². The van der Waals surface area contributed by atoms with Crippen LogP contribution in [0.3, 0.4) is 0 Å². The Hall–Kier alpha value is -2.40. The molecule has 0 spiro atoms. The number of aliphatic carboxylic acids is 2. The van der Waals surface area contributed by atoms with Crippen LogP contribution in [0.15, 0.2) is 0 Å². The number of nitrogens with zero attached hydrogens (tertiary/aromatic N) is 1. The van der Waals surface area contributed by atoms with Gasteiger partial charge in [0, 0.05) is 19.9 Å². The summed E-state index contributed by atoms with van der Waals surface area (Å²) in [6.07, 6.45) is -5.36. The van der Waals surface area contributed by atoms with E-state index in [0.29, 0.717) is 0 Å². The summed E-state index contributed by atoms with van der Waals surface area (Å²) in [6, 6.07) is -3.09. The van der Waals surface area contributed by atoms with Crippen LogP contribution >= 0.6 is 0 Å². The number of hydrogen-bond donors (Lipinski definition) is 8. The maximum atomic E-state index is 11.6. The lowest BCUT2D eigenvalue weighted by Crippen LogP contribution is -2.63. The van der Waals surface area contributed by atoms with E-state index >= 15 is 0 Å². The number of aliphatic hydroxyl groups is 3. The van der Waals surface area contributed by atoms with Crippen molar-refractivity contribution in [3.63, 3.8) is 0 Å². The standard InChI is InChI=1S/C14H26N2O8.C5H10N2O3/c1-6(4-16(8(3)18)7(2)13(20)21)23-12-10(15)14(22)24-9(5-17)11(12)19;6-3(5(9)10)1-2-4(7)8/h6-7,9-12,14,17,19,22H,4-5,15H2,1-3H3,(H,20,21);3H,1-2,6H2,(H2,7,8)(H,9,10)/t6?,7-,9+,10+,11+,12+,14-;3-/m01/s1. The van der Waals surface area contributed by atoms with Crippen LogP contribution in [0.1, 0.15) is 33.6 Å². The molecular weight excluding hydrogens is 460 g/mol. The normalized spacial score (nSPS) is 26.9. The Morgan fingerprint density at radius 3 is 2.09 bits per heavy atom. The summed E-state index contributed by atoms with van der Waals surface area (Å²) in [5.74, 6) is -3.24. The van der Waals surface area contributed by atoms with Crippen LogP contribution < -0.4 is 17.2 Å². The van der Waals surface area contributed by atoms with Crippen LogP contribution in [0.5, 0.6) is 0 Å². The first-order valence-corrected chi connectivity index (χ1v) is 10.4. The lowest BCUT2D eigenvalue weighted by atomic mass is 9.97. The van der Waals surface area contributed by atoms with Gasteiger partial charge < -0.3 is 57.1 Å². The number of aliphatic hydroxyl groups excluding tert-OH is 3. The van der Waals surface area contributed by atoms with E-state index in [-0.39, 0.29) is 19.4 Å². The second kappa shape index (κ2) is 14.8. The summed E-state index contributed by atoms with van der Waals surface area (Å²) in [6.45, 7) is 3.62.